The van der Waals surface area contributed by atoms with Crippen LogP contribution in [0.25, 0.3) is 0 Å². The number of thioether (sulfide) groups is 1. The molecule has 2 aliphatic carbocycles. The Morgan fingerprint density at radius 3 is 1.48 bits per heavy atom. The Morgan fingerprint density at radius 2 is 1.09 bits per heavy atom. The van der Waals surface area contributed by atoms with Crippen molar-refractivity contribution in [2.75, 3.05) is 24.6 Å². The molecule has 2 saturated carbocycles. The molecule has 2 fully saturated rings. The molecule has 0 heterocycles. The third kappa shape index (κ3) is 8.73. The van der Waals surface area contributed by atoms with Crippen molar-refractivity contribution in [1.82, 2.24) is 10.6 Å². The minimum atomic E-state index is -0.305. The zero-order chi connectivity index (χ0) is 16.3. The fourth-order valence-corrected chi connectivity index (χ4v) is 4.59. The topological polar surface area (TPSA) is 64.5 Å². The van der Waals surface area contributed by atoms with E-state index >= 15 is 0 Å². The lowest BCUT2D eigenvalue weighted by atomic mass is 9.95. The van der Waals surface area contributed by atoms with Gasteiger partial charge in [-0.15, -0.1) is 0 Å². The van der Waals surface area contributed by atoms with Gasteiger partial charge in [0.1, 0.15) is 0 Å². The van der Waals surface area contributed by atoms with Gasteiger partial charge in [0.25, 0.3) is 0 Å². The van der Waals surface area contributed by atoms with Crippen molar-refractivity contribution in [3.63, 3.8) is 0 Å². The van der Waals surface area contributed by atoms with Gasteiger partial charge < -0.3 is 20.8 Å². The van der Waals surface area contributed by atoms with Gasteiger partial charge in [-0.1, -0.05) is 38.5 Å². The maximum atomic E-state index is 10.0. The lowest BCUT2D eigenvalue weighted by Gasteiger charge is -2.25. The van der Waals surface area contributed by atoms with Crippen molar-refractivity contribution in [3.05, 3.63) is 0 Å². The van der Waals surface area contributed by atoms with Gasteiger partial charge in [-0.2, -0.15) is 11.8 Å². The lowest BCUT2D eigenvalue weighted by molar-refractivity contribution is 0.181. The van der Waals surface area contributed by atoms with Crippen LogP contribution in [0.2, 0.25) is 0 Å². The molecular formula is C18H36N2O2S. The highest BCUT2D eigenvalue weighted by Crippen LogP contribution is 2.18. The van der Waals surface area contributed by atoms with Crippen LogP contribution in [0.1, 0.15) is 64.2 Å². The maximum absolute atomic E-state index is 10.0. The molecule has 0 aliphatic heterocycles. The predicted molar refractivity (Wildman–Crippen MR) is 99.1 cm³/mol. The Labute approximate surface area is 146 Å². The molecule has 0 saturated heterocycles. The Hall–Kier alpha value is 0.190. The summed E-state index contributed by atoms with van der Waals surface area (Å²) in [5.74, 6) is 1.42. The van der Waals surface area contributed by atoms with Gasteiger partial charge in [-0.25, -0.2) is 0 Å². The second-order valence-corrected chi connectivity index (χ2v) is 8.41. The van der Waals surface area contributed by atoms with Crippen LogP contribution in [-0.2, 0) is 0 Å². The second kappa shape index (κ2) is 11.7. The summed E-state index contributed by atoms with van der Waals surface area (Å²) < 4.78 is 0. The van der Waals surface area contributed by atoms with Gasteiger partial charge in [-0.05, 0) is 25.7 Å². The molecule has 0 radical (unpaired) electrons. The Balaban J connectivity index is 1.44. The van der Waals surface area contributed by atoms with Crippen LogP contribution in [0.4, 0.5) is 0 Å². The summed E-state index contributed by atoms with van der Waals surface area (Å²) in [6.07, 6.45) is 12.4. The summed E-state index contributed by atoms with van der Waals surface area (Å²) >= 11 is 1.66. The number of nitrogens with one attached hydrogen (secondary N) is 2. The molecule has 0 aromatic carbocycles. The van der Waals surface area contributed by atoms with E-state index in [2.05, 4.69) is 10.6 Å². The zero-order valence-electron chi connectivity index (χ0n) is 14.5. The Bertz CT molecular complexity index is 267. The first-order valence-corrected chi connectivity index (χ1v) is 10.8. The monoisotopic (exact) mass is 344 g/mol. The molecule has 4 N–H and O–H groups in total. The molecular weight excluding hydrogens is 308 g/mol. The van der Waals surface area contributed by atoms with Gasteiger partial charge in [-0.3, -0.25) is 0 Å². The first-order chi connectivity index (χ1) is 11.2. The quantitative estimate of drug-likeness (QED) is 0.490. The van der Waals surface area contributed by atoms with Crippen molar-refractivity contribution < 1.29 is 10.2 Å². The molecule has 23 heavy (non-hydrogen) atoms. The van der Waals surface area contributed by atoms with Gasteiger partial charge in [0.05, 0.1) is 12.2 Å². The smallest absolute Gasteiger partial charge is 0.0754 e. The van der Waals surface area contributed by atoms with Crippen molar-refractivity contribution in [2.45, 2.75) is 88.5 Å². The minimum absolute atomic E-state index is 0.305. The van der Waals surface area contributed by atoms with Crippen LogP contribution in [-0.4, -0.2) is 59.1 Å². The number of aliphatic hydroxyl groups excluding tert-OH is 2. The van der Waals surface area contributed by atoms with E-state index in [-0.39, 0.29) is 12.2 Å². The number of hydrogen-bond donors (Lipinski definition) is 4. The van der Waals surface area contributed by atoms with E-state index in [4.69, 9.17) is 0 Å². The molecule has 0 aromatic heterocycles. The van der Waals surface area contributed by atoms with Gasteiger partial charge in [0.15, 0.2) is 0 Å². The summed E-state index contributed by atoms with van der Waals surface area (Å²) in [7, 11) is 0. The van der Waals surface area contributed by atoms with Crippen LogP contribution in [0.15, 0.2) is 0 Å². The van der Waals surface area contributed by atoms with Crippen molar-refractivity contribution >= 4 is 11.8 Å². The Morgan fingerprint density at radius 1 is 0.696 bits per heavy atom. The molecule has 136 valence electrons. The summed E-state index contributed by atoms with van der Waals surface area (Å²) in [4.78, 5) is 0. The van der Waals surface area contributed by atoms with Crippen molar-refractivity contribution in [2.24, 2.45) is 0 Å². The average Bonchev–Trinajstić information content (AvgIpc) is 2.60. The van der Waals surface area contributed by atoms with E-state index in [1.807, 2.05) is 0 Å². The normalized spacial score (nSPS) is 23.7. The van der Waals surface area contributed by atoms with E-state index in [0.29, 0.717) is 36.7 Å². The van der Waals surface area contributed by atoms with E-state index in [1.165, 1.54) is 64.2 Å². The van der Waals surface area contributed by atoms with Crippen LogP contribution < -0.4 is 10.6 Å². The number of rotatable bonds is 10. The molecule has 2 rings (SSSR count). The summed E-state index contributed by atoms with van der Waals surface area (Å²) in [6.45, 7) is 1.38. The molecule has 2 aliphatic rings. The van der Waals surface area contributed by atoms with E-state index in [1.54, 1.807) is 11.8 Å². The standard InChI is InChI=1S/C18H36N2O2S/c21-17(11-19-15-7-3-1-4-8-15)13-23-14-18(22)12-20-16-9-5-2-6-10-16/h15-22H,1-14H2/t17-,18-/m0/s1. The maximum Gasteiger partial charge on any atom is 0.0754 e. The van der Waals surface area contributed by atoms with Crippen LogP contribution >= 0.6 is 11.8 Å². The fraction of sp³-hybridized carbons (Fsp3) is 1.00. The van der Waals surface area contributed by atoms with E-state index < -0.39 is 0 Å². The third-order valence-electron chi connectivity index (χ3n) is 5.12. The summed E-state index contributed by atoms with van der Waals surface area (Å²) in [5.41, 5.74) is 0. The molecule has 5 heteroatoms. The lowest BCUT2D eigenvalue weighted by Crippen LogP contribution is -2.39. The van der Waals surface area contributed by atoms with E-state index in [9.17, 15) is 10.2 Å². The van der Waals surface area contributed by atoms with Gasteiger partial charge in [0.2, 0.25) is 0 Å². The predicted octanol–water partition coefficient (Wildman–Crippen LogP) is 2.29. The first kappa shape index (κ1) is 19.5. The fourth-order valence-electron chi connectivity index (χ4n) is 3.68. The van der Waals surface area contributed by atoms with Crippen LogP contribution in [0.3, 0.4) is 0 Å². The van der Waals surface area contributed by atoms with Crippen LogP contribution in [0, 0.1) is 0 Å². The highest BCUT2D eigenvalue weighted by atomic mass is 32.2. The summed E-state index contributed by atoms with van der Waals surface area (Å²) in [6, 6.07) is 1.21. The zero-order valence-corrected chi connectivity index (χ0v) is 15.3. The van der Waals surface area contributed by atoms with Crippen molar-refractivity contribution in [1.29, 1.82) is 0 Å². The largest absolute Gasteiger partial charge is 0.391 e. The molecule has 0 aromatic rings. The molecule has 0 bridgehead atoms. The average molecular weight is 345 g/mol. The SMILES string of the molecule is O[C@@H](CNC1CCCCC1)CSC[C@@H](O)CNC1CCCCC1. The molecule has 4 nitrogen and oxygen atoms in total. The minimum Gasteiger partial charge on any atom is -0.391 e. The third-order valence-corrected chi connectivity index (χ3v) is 6.36. The van der Waals surface area contributed by atoms with Gasteiger partial charge in [0, 0.05) is 36.7 Å². The molecule has 2 atom stereocenters. The number of hydrogen-bond acceptors (Lipinski definition) is 5. The van der Waals surface area contributed by atoms with E-state index in [0.717, 1.165) is 0 Å². The number of aliphatic hydroxyl groups is 2. The molecule has 0 amide bonds. The van der Waals surface area contributed by atoms with Crippen LogP contribution in [0.5, 0.6) is 0 Å². The van der Waals surface area contributed by atoms with Crippen molar-refractivity contribution in [3.8, 4) is 0 Å². The first-order valence-electron chi connectivity index (χ1n) is 9.64. The summed E-state index contributed by atoms with van der Waals surface area (Å²) in [5, 5.41) is 27.1. The Kier molecular flexibility index (Phi) is 9.92. The second-order valence-electron chi connectivity index (χ2n) is 7.33. The highest BCUT2D eigenvalue weighted by molar-refractivity contribution is 7.99. The molecule has 0 unspecified atom stereocenters. The van der Waals surface area contributed by atoms with Gasteiger partial charge >= 0.3 is 0 Å². The highest BCUT2D eigenvalue weighted by Gasteiger charge is 2.16. The molecule has 0 spiro atoms.